The Morgan fingerprint density at radius 3 is 2.56 bits per heavy atom. The van der Waals surface area contributed by atoms with Crippen molar-refractivity contribution in [1.29, 1.82) is 0 Å². The van der Waals surface area contributed by atoms with E-state index in [1.807, 2.05) is 55.5 Å². The SMILES string of the molecule is CCOCCCNC(=O)c1cccc(SCC(=O)c2ccccc2)c1. The van der Waals surface area contributed by atoms with Crippen molar-refractivity contribution < 1.29 is 14.3 Å². The average Bonchev–Trinajstić information content (AvgIpc) is 2.66. The normalized spacial score (nSPS) is 10.4. The summed E-state index contributed by atoms with van der Waals surface area (Å²) >= 11 is 1.44. The number of nitrogens with one attached hydrogen (secondary N) is 1. The van der Waals surface area contributed by atoms with Crippen LogP contribution in [-0.4, -0.2) is 37.2 Å². The highest BCUT2D eigenvalue weighted by Gasteiger charge is 2.09. The van der Waals surface area contributed by atoms with Gasteiger partial charge in [0, 0.05) is 35.8 Å². The van der Waals surface area contributed by atoms with Crippen LogP contribution in [0.5, 0.6) is 0 Å². The number of carbonyl (C=O) groups excluding carboxylic acids is 2. The first-order valence-corrected chi connectivity index (χ1v) is 9.36. The average molecular weight is 357 g/mol. The van der Waals surface area contributed by atoms with E-state index in [-0.39, 0.29) is 11.7 Å². The maximum Gasteiger partial charge on any atom is 0.251 e. The lowest BCUT2D eigenvalue weighted by Gasteiger charge is -2.07. The molecule has 0 atom stereocenters. The van der Waals surface area contributed by atoms with Crippen LogP contribution in [0, 0.1) is 0 Å². The molecular weight excluding hydrogens is 334 g/mol. The van der Waals surface area contributed by atoms with E-state index >= 15 is 0 Å². The van der Waals surface area contributed by atoms with E-state index in [0.717, 1.165) is 11.3 Å². The summed E-state index contributed by atoms with van der Waals surface area (Å²) in [6, 6.07) is 16.6. The van der Waals surface area contributed by atoms with E-state index in [2.05, 4.69) is 5.32 Å². The van der Waals surface area contributed by atoms with Crippen molar-refractivity contribution in [2.24, 2.45) is 0 Å². The molecule has 0 aliphatic rings. The third-order valence-electron chi connectivity index (χ3n) is 3.52. The number of hydrogen-bond donors (Lipinski definition) is 1. The molecule has 0 unspecified atom stereocenters. The van der Waals surface area contributed by atoms with E-state index in [1.54, 1.807) is 6.07 Å². The maximum atomic E-state index is 12.2. The van der Waals surface area contributed by atoms with Gasteiger partial charge in [0.1, 0.15) is 0 Å². The molecule has 0 fully saturated rings. The number of amides is 1. The molecule has 25 heavy (non-hydrogen) atoms. The van der Waals surface area contributed by atoms with E-state index < -0.39 is 0 Å². The lowest BCUT2D eigenvalue weighted by Crippen LogP contribution is -2.25. The third-order valence-corrected chi connectivity index (χ3v) is 4.51. The Morgan fingerprint density at radius 1 is 1.04 bits per heavy atom. The highest BCUT2D eigenvalue weighted by atomic mass is 32.2. The summed E-state index contributed by atoms with van der Waals surface area (Å²) in [4.78, 5) is 25.2. The minimum absolute atomic E-state index is 0.0800. The van der Waals surface area contributed by atoms with Gasteiger partial charge in [0.15, 0.2) is 5.78 Å². The van der Waals surface area contributed by atoms with E-state index in [9.17, 15) is 9.59 Å². The fourth-order valence-electron chi connectivity index (χ4n) is 2.21. The van der Waals surface area contributed by atoms with Crippen LogP contribution >= 0.6 is 11.8 Å². The summed E-state index contributed by atoms with van der Waals surface area (Å²) in [5, 5.41) is 2.88. The summed E-state index contributed by atoms with van der Waals surface area (Å²) < 4.78 is 5.24. The summed E-state index contributed by atoms with van der Waals surface area (Å²) in [7, 11) is 0. The van der Waals surface area contributed by atoms with Crippen molar-refractivity contribution >= 4 is 23.5 Å². The Balaban J connectivity index is 1.84. The monoisotopic (exact) mass is 357 g/mol. The van der Waals surface area contributed by atoms with Crippen LogP contribution in [0.25, 0.3) is 0 Å². The van der Waals surface area contributed by atoms with Gasteiger partial charge in [-0.15, -0.1) is 11.8 Å². The number of ether oxygens (including phenoxy) is 1. The number of hydrogen-bond acceptors (Lipinski definition) is 4. The van der Waals surface area contributed by atoms with Crippen LogP contribution in [0.2, 0.25) is 0 Å². The van der Waals surface area contributed by atoms with Crippen LogP contribution in [0.3, 0.4) is 0 Å². The Labute approximate surface area is 153 Å². The van der Waals surface area contributed by atoms with Gasteiger partial charge in [-0.05, 0) is 31.5 Å². The second-order valence-corrected chi connectivity index (χ2v) is 6.46. The van der Waals surface area contributed by atoms with Gasteiger partial charge in [-0.25, -0.2) is 0 Å². The van der Waals surface area contributed by atoms with Gasteiger partial charge in [0.2, 0.25) is 0 Å². The topological polar surface area (TPSA) is 55.4 Å². The van der Waals surface area contributed by atoms with E-state index in [1.165, 1.54) is 11.8 Å². The molecule has 0 aliphatic heterocycles. The quantitative estimate of drug-likeness (QED) is 0.399. The van der Waals surface area contributed by atoms with Crippen molar-refractivity contribution in [3.05, 3.63) is 65.7 Å². The van der Waals surface area contributed by atoms with Gasteiger partial charge < -0.3 is 10.1 Å². The molecular formula is C20H23NO3S. The highest BCUT2D eigenvalue weighted by molar-refractivity contribution is 8.00. The molecule has 0 spiro atoms. The van der Waals surface area contributed by atoms with Crippen molar-refractivity contribution in [2.45, 2.75) is 18.2 Å². The van der Waals surface area contributed by atoms with Crippen molar-refractivity contribution in [2.75, 3.05) is 25.5 Å². The highest BCUT2D eigenvalue weighted by Crippen LogP contribution is 2.20. The van der Waals surface area contributed by atoms with Gasteiger partial charge >= 0.3 is 0 Å². The predicted molar refractivity (Wildman–Crippen MR) is 101 cm³/mol. The zero-order chi connectivity index (χ0) is 17.9. The molecule has 0 saturated carbocycles. The fraction of sp³-hybridized carbons (Fsp3) is 0.300. The standard InChI is InChI=1S/C20H23NO3S/c1-2-24-13-7-12-21-20(23)17-10-6-11-18(14-17)25-15-19(22)16-8-4-3-5-9-16/h3-6,8-11,14H,2,7,12-13,15H2,1H3,(H,21,23). The van der Waals surface area contributed by atoms with E-state index in [4.69, 9.17) is 4.74 Å². The largest absolute Gasteiger partial charge is 0.382 e. The lowest BCUT2D eigenvalue weighted by molar-refractivity contribution is 0.0943. The summed E-state index contributed by atoms with van der Waals surface area (Å²) in [6.07, 6.45) is 0.791. The third kappa shape index (κ3) is 6.72. The maximum absolute atomic E-state index is 12.2. The number of benzene rings is 2. The number of rotatable bonds is 10. The van der Waals surface area contributed by atoms with Crippen molar-refractivity contribution in [1.82, 2.24) is 5.32 Å². The molecule has 4 nitrogen and oxygen atoms in total. The molecule has 2 aromatic rings. The summed E-state index contributed by atoms with van der Waals surface area (Å²) in [5.74, 6) is 0.327. The first kappa shape index (κ1) is 19.2. The van der Waals surface area contributed by atoms with Crippen LogP contribution in [-0.2, 0) is 4.74 Å². The second kappa shape index (κ2) is 10.7. The molecule has 2 aromatic carbocycles. The molecule has 0 bridgehead atoms. The van der Waals surface area contributed by atoms with Crippen molar-refractivity contribution in [3.63, 3.8) is 0 Å². The molecule has 0 radical (unpaired) electrons. The number of thioether (sulfide) groups is 1. The Bertz CT molecular complexity index is 688. The first-order chi connectivity index (χ1) is 12.2. The van der Waals surface area contributed by atoms with Crippen LogP contribution in [0.4, 0.5) is 0 Å². The zero-order valence-corrected chi connectivity index (χ0v) is 15.2. The molecule has 0 aliphatic carbocycles. The van der Waals surface area contributed by atoms with Crippen LogP contribution in [0.15, 0.2) is 59.5 Å². The van der Waals surface area contributed by atoms with Gasteiger partial charge in [-0.3, -0.25) is 9.59 Å². The van der Waals surface area contributed by atoms with Crippen LogP contribution < -0.4 is 5.32 Å². The smallest absolute Gasteiger partial charge is 0.251 e. The van der Waals surface area contributed by atoms with Gasteiger partial charge in [0.05, 0.1) is 5.75 Å². The fourth-order valence-corrected chi connectivity index (χ4v) is 3.06. The molecule has 0 aromatic heterocycles. The minimum Gasteiger partial charge on any atom is -0.382 e. The zero-order valence-electron chi connectivity index (χ0n) is 14.4. The number of Topliss-reactive ketones (excluding diaryl/α,β-unsaturated/α-hetero) is 1. The van der Waals surface area contributed by atoms with Gasteiger partial charge in [-0.2, -0.15) is 0 Å². The Kier molecular flexibility index (Phi) is 8.22. The Hall–Kier alpha value is -2.11. The van der Waals surface area contributed by atoms with Gasteiger partial charge in [0.25, 0.3) is 5.91 Å². The molecule has 0 saturated heterocycles. The molecule has 1 N–H and O–H groups in total. The predicted octanol–water partition coefficient (Wildman–Crippen LogP) is 3.82. The number of ketones is 1. The molecule has 2 rings (SSSR count). The lowest BCUT2D eigenvalue weighted by atomic mass is 10.2. The van der Waals surface area contributed by atoms with E-state index in [0.29, 0.717) is 36.6 Å². The molecule has 0 heterocycles. The Morgan fingerprint density at radius 2 is 1.80 bits per heavy atom. The van der Waals surface area contributed by atoms with Crippen LogP contribution in [0.1, 0.15) is 34.1 Å². The minimum atomic E-state index is -0.103. The first-order valence-electron chi connectivity index (χ1n) is 8.37. The summed E-state index contributed by atoms with van der Waals surface area (Å²) in [6.45, 7) is 3.87. The summed E-state index contributed by atoms with van der Waals surface area (Å²) in [5.41, 5.74) is 1.31. The second-order valence-electron chi connectivity index (χ2n) is 5.41. The molecule has 5 heteroatoms. The molecule has 132 valence electrons. The molecule has 1 amide bonds. The van der Waals surface area contributed by atoms with Crippen molar-refractivity contribution in [3.8, 4) is 0 Å². The van der Waals surface area contributed by atoms with Gasteiger partial charge in [-0.1, -0.05) is 36.4 Å². The number of carbonyl (C=O) groups is 2.